The molecule has 3 aromatic rings. The van der Waals surface area contributed by atoms with Gasteiger partial charge in [-0.1, -0.05) is 42.5 Å². The molecule has 1 unspecified atom stereocenters. The first-order valence-corrected chi connectivity index (χ1v) is 10.4. The number of carbonyl (C=O) groups is 1. The van der Waals surface area contributed by atoms with E-state index in [2.05, 4.69) is 59.6 Å². The zero-order chi connectivity index (χ0) is 21.1. The minimum atomic E-state index is -0.886. The van der Waals surface area contributed by atoms with Crippen molar-refractivity contribution in [3.05, 3.63) is 77.4 Å². The molecule has 1 heterocycles. The molecule has 1 fully saturated rings. The third kappa shape index (κ3) is 5.01. The molecule has 2 N–H and O–H groups in total. The fourth-order valence-corrected chi connectivity index (χ4v) is 4.28. The number of nitrogens with one attached hydrogen (secondary N) is 1. The van der Waals surface area contributed by atoms with Crippen LogP contribution in [0.4, 0.5) is 5.69 Å². The van der Waals surface area contributed by atoms with Crippen molar-refractivity contribution in [2.24, 2.45) is 0 Å². The predicted octanol–water partition coefficient (Wildman–Crippen LogP) is 4.82. The van der Waals surface area contributed by atoms with Gasteiger partial charge in [-0.3, -0.25) is 0 Å². The predicted molar refractivity (Wildman–Crippen MR) is 128 cm³/mol. The summed E-state index contributed by atoms with van der Waals surface area (Å²) < 4.78 is 5.76. The molecule has 1 aliphatic heterocycles. The van der Waals surface area contributed by atoms with E-state index in [0.29, 0.717) is 18.8 Å². The van der Waals surface area contributed by atoms with Crippen LogP contribution in [-0.2, 0) is 4.74 Å². The van der Waals surface area contributed by atoms with E-state index in [1.807, 2.05) is 19.1 Å². The molecule has 1 saturated heterocycles. The van der Waals surface area contributed by atoms with Gasteiger partial charge in [-0.25, -0.2) is 4.79 Å². The number of aryl methyl sites for hydroxylation is 1. The Morgan fingerprint density at radius 2 is 1.97 bits per heavy atom. The zero-order valence-electron chi connectivity index (χ0n) is 17.9. The summed E-state index contributed by atoms with van der Waals surface area (Å²) in [4.78, 5) is 13.7. The highest BCUT2D eigenvalue weighted by molar-refractivity contribution is 5.90. The summed E-state index contributed by atoms with van der Waals surface area (Å²) in [5.41, 5.74) is 3.47. The Morgan fingerprint density at radius 1 is 1.19 bits per heavy atom. The molecule has 2 atom stereocenters. The topological polar surface area (TPSA) is 61.8 Å². The number of anilines is 1. The van der Waals surface area contributed by atoms with Crippen molar-refractivity contribution < 1.29 is 14.6 Å². The molecule has 0 aliphatic carbocycles. The highest BCUT2D eigenvalue weighted by Crippen LogP contribution is 2.26. The van der Waals surface area contributed by atoms with Crippen molar-refractivity contribution in [3.8, 4) is 0 Å². The van der Waals surface area contributed by atoms with Crippen molar-refractivity contribution in [1.29, 1.82) is 0 Å². The largest absolute Gasteiger partial charge is 0.478 e. The Kier molecular flexibility index (Phi) is 7.55. The molecule has 3 aromatic carbocycles. The summed E-state index contributed by atoms with van der Waals surface area (Å²) >= 11 is 0. The van der Waals surface area contributed by atoms with Gasteiger partial charge in [0.05, 0.1) is 24.8 Å². The van der Waals surface area contributed by atoms with Gasteiger partial charge in [0, 0.05) is 24.8 Å². The van der Waals surface area contributed by atoms with Crippen LogP contribution >= 0.6 is 12.4 Å². The molecule has 4 rings (SSSR count). The number of carboxylic acids is 1. The van der Waals surface area contributed by atoms with Gasteiger partial charge in [0.1, 0.15) is 0 Å². The number of hydrogen-bond donors (Lipinski definition) is 2. The summed E-state index contributed by atoms with van der Waals surface area (Å²) in [5, 5.41) is 15.5. The molecular weight excluding hydrogens is 412 g/mol. The molecular formula is C25H29ClN2O3. The second-order valence-corrected chi connectivity index (χ2v) is 7.92. The normalized spacial score (nSPS) is 17.2. The van der Waals surface area contributed by atoms with Crippen molar-refractivity contribution in [1.82, 2.24) is 5.32 Å². The van der Waals surface area contributed by atoms with Gasteiger partial charge in [-0.05, 0) is 53.9 Å². The van der Waals surface area contributed by atoms with E-state index in [1.54, 1.807) is 6.07 Å². The molecule has 31 heavy (non-hydrogen) atoms. The maximum atomic E-state index is 11.3. The van der Waals surface area contributed by atoms with Crippen LogP contribution in [0.1, 0.15) is 34.5 Å². The third-order valence-electron chi connectivity index (χ3n) is 5.95. The van der Waals surface area contributed by atoms with Gasteiger partial charge in [0.2, 0.25) is 0 Å². The maximum Gasteiger partial charge on any atom is 0.335 e. The number of hydrogen-bond acceptors (Lipinski definition) is 4. The lowest BCUT2D eigenvalue weighted by Gasteiger charge is -2.38. The van der Waals surface area contributed by atoms with Crippen molar-refractivity contribution in [2.75, 3.05) is 31.2 Å². The van der Waals surface area contributed by atoms with Gasteiger partial charge >= 0.3 is 5.97 Å². The molecule has 0 saturated carbocycles. The fourth-order valence-electron chi connectivity index (χ4n) is 4.28. The van der Waals surface area contributed by atoms with E-state index >= 15 is 0 Å². The molecule has 6 heteroatoms. The van der Waals surface area contributed by atoms with E-state index in [1.165, 1.54) is 16.3 Å². The first kappa shape index (κ1) is 23.1. The number of nitrogens with zero attached hydrogens (tertiary/aromatic N) is 1. The van der Waals surface area contributed by atoms with Crippen LogP contribution in [0, 0.1) is 6.92 Å². The van der Waals surface area contributed by atoms with Gasteiger partial charge in [-0.15, -0.1) is 12.4 Å². The average Bonchev–Trinajstić information content (AvgIpc) is 2.77. The minimum Gasteiger partial charge on any atom is -0.478 e. The molecule has 5 nitrogen and oxygen atoms in total. The number of fused-ring (bicyclic) bond motifs is 1. The van der Waals surface area contributed by atoms with Crippen LogP contribution in [0.2, 0.25) is 0 Å². The Bertz CT molecular complexity index is 1050. The molecule has 1 aliphatic rings. The highest BCUT2D eigenvalue weighted by atomic mass is 35.5. The monoisotopic (exact) mass is 440 g/mol. The lowest BCUT2D eigenvalue weighted by Crippen LogP contribution is -2.51. The first-order chi connectivity index (χ1) is 14.5. The van der Waals surface area contributed by atoms with Crippen LogP contribution in [0.15, 0.2) is 60.7 Å². The van der Waals surface area contributed by atoms with E-state index in [4.69, 9.17) is 4.74 Å². The number of aromatic carboxylic acids is 1. The Hall–Kier alpha value is -2.60. The number of rotatable bonds is 6. The summed E-state index contributed by atoms with van der Waals surface area (Å²) in [5.74, 6) is -0.886. The molecule has 0 bridgehead atoms. The van der Waals surface area contributed by atoms with Crippen LogP contribution in [0.3, 0.4) is 0 Å². The molecule has 0 aromatic heterocycles. The van der Waals surface area contributed by atoms with Gasteiger partial charge in [0.25, 0.3) is 0 Å². The third-order valence-corrected chi connectivity index (χ3v) is 5.95. The number of morpholine rings is 1. The molecule has 164 valence electrons. The fraction of sp³-hybridized carbons (Fsp3) is 0.320. The summed E-state index contributed by atoms with van der Waals surface area (Å²) in [6.45, 7) is 6.94. The molecule has 0 spiro atoms. The standard InChI is InChI=1S/C25H28N2O3.ClH/c1-17-14-20(10-11-22(17)25(28)29)27-12-13-30-16-21(27)15-26-18(2)23-9-5-7-19-6-3-4-8-24(19)23;/h3-11,14,18,21,26H,12-13,15-16H2,1-2H3,(H,28,29);1H/t18-,21?;/m1./s1. The second kappa shape index (κ2) is 10.1. The van der Waals surface area contributed by atoms with Gasteiger partial charge in [-0.2, -0.15) is 0 Å². The smallest absolute Gasteiger partial charge is 0.335 e. The zero-order valence-corrected chi connectivity index (χ0v) is 18.7. The second-order valence-electron chi connectivity index (χ2n) is 7.92. The maximum absolute atomic E-state index is 11.3. The Balaban J connectivity index is 0.00000272. The summed E-state index contributed by atoms with van der Waals surface area (Å²) in [7, 11) is 0. The van der Waals surface area contributed by atoms with Crippen molar-refractivity contribution >= 4 is 34.8 Å². The lowest BCUT2D eigenvalue weighted by molar-refractivity contribution is 0.0696. The number of carboxylic acid groups (broad SMARTS) is 1. The van der Waals surface area contributed by atoms with Gasteiger partial charge in [0.15, 0.2) is 0 Å². The van der Waals surface area contributed by atoms with Crippen LogP contribution in [0.5, 0.6) is 0 Å². The van der Waals surface area contributed by atoms with Gasteiger partial charge < -0.3 is 20.1 Å². The highest BCUT2D eigenvalue weighted by Gasteiger charge is 2.25. The van der Waals surface area contributed by atoms with Crippen LogP contribution in [-0.4, -0.2) is 43.4 Å². The van der Waals surface area contributed by atoms with Crippen molar-refractivity contribution in [3.63, 3.8) is 0 Å². The van der Waals surface area contributed by atoms with Crippen LogP contribution in [0.25, 0.3) is 10.8 Å². The summed E-state index contributed by atoms with van der Waals surface area (Å²) in [6.07, 6.45) is 0. The van der Waals surface area contributed by atoms with E-state index in [0.717, 1.165) is 24.3 Å². The number of halogens is 1. The summed E-state index contributed by atoms with van der Waals surface area (Å²) in [6, 6.07) is 20.9. The lowest BCUT2D eigenvalue weighted by atomic mass is 9.99. The van der Waals surface area contributed by atoms with E-state index in [-0.39, 0.29) is 24.5 Å². The average molecular weight is 441 g/mol. The quantitative estimate of drug-likeness (QED) is 0.575. The number of ether oxygens (including phenoxy) is 1. The Labute approximate surface area is 189 Å². The molecule has 0 amide bonds. The van der Waals surface area contributed by atoms with E-state index in [9.17, 15) is 9.90 Å². The van der Waals surface area contributed by atoms with Crippen molar-refractivity contribution in [2.45, 2.75) is 25.9 Å². The van der Waals surface area contributed by atoms with E-state index < -0.39 is 5.97 Å². The van der Waals surface area contributed by atoms with Crippen LogP contribution < -0.4 is 10.2 Å². The SMILES string of the molecule is Cc1cc(N2CCOCC2CN[C@H](C)c2cccc3ccccc23)ccc1C(=O)O.Cl. The minimum absolute atomic E-state index is 0. The molecule has 0 radical (unpaired) electrons. The first-order valence-electron chi connectivity index (χ1n) is 10.4. The Morgan fingerprint density at radius 3 is 2.74 bits per heavy atom. The number of benzene rings is 3.